The molecule has 0 bridgehead atoms. The number of carbonyl (C=O) groups excluding carboxylic acids is 2. The second-order valence-corrected chi connectivity index (χ2v) is 7.60. The number of carbonyl (C=O) groups is 2. The number of methoxy groups -OCH3 is 2. The van der Waals surface area contributed by atoms with Gasteiger partial charge in [0, 0.05) is 16.8 Å². The fourth-order valence-electron chi connectivity index (χ4n) is 3.52. The van der Waals surface area contributed by atoms with Crippen molar-refractivity contribution in [1.82, 2.24) is 0 Å². The summed E-state index contributed by atoms with van der Waals surface area (Å²) in [4.78, 5) is 28.3. The van der Waals surface area contributed by atoms with Crippen LogP contribution in [0.1, 0.15) is 11.1 Å². The van der Waals surface area contributed by atoms with Crippen LogP contribution in [0.4, 0.5) is 11.4 Å². The molecule has 6 nitrogen and oxygen atoms in total. The van der Waals surface area contributed by atoms with Crippen molar-refractivity contribution in [2.24, 2.45) is 0 Å². The third-order valence-electron chi connectivity index (χ3n) is 5.21. The monoisotopic (exact) mass is 448 g/mol. The van der Waals surface area contributed by atoms with E-state index in [0.717, 1.165) is 10.5 Å². The summed E-state index contributed by atoms with van der Waals surface area (Å²) in [5.41, 5.74) is 2.85. The van der Waals surface area contributed by atoms with Crippen molar-refractivity contribution in [3.05, 3.63) is 88.6 Å². The molecule has 0 saturated heterocycles. The van der Waals surface area contributed by atoms with Gasteiger partial charge in [-0.25, -0.2) is 4.90 Å². The minimum Gasteiger partial charge on any atom is -0.497 e. The summed E-state index contributed by atoms with van der Waals surface area (Å²) in [5, 5.41) is 3.67. The predicted octanol–water partition coefficient (Wildman–Crippen LogP) is 5.06. The third kappa shape index (κ3) is 3.81. The highest BCUT2D eigenvalue weighted by atomic mass is 35.5. The topological polar surface area (TPSA) is 67.9 Å². The van der Waals surface area contributed by atoms with Gasteiger partial charge in [-0.1, -0.05) is 48.0 Å². The van der Waals surface area contributed by atoms with E-state index in [-0.39, 0.29) is 11.3 Å². The van der Waals surface area contributed by atoms with E-state index in [1.54, 1.807) is 36.4 Å². The van der Waals surface area contributed by atoms with Crippen molar-refractivity contribution in [2.75, 3.05) is 24.4 Å². The lowest BCUT2D eigenvalue weighted by Crippen LogP contribution is -2.32. The number of hydrogen-bond acceptors (Lipinski definition) is 5. The second kappa shape index (κ2) is 8.77. The van der Waals surface area contributed by atoms with Gasteiger partial charge in [0.05, 0.1) is 25.5 Å². The maximum atomic E-state index is 13.6. The molecule has 7 heteroatoms. The average Bonchev–Trinajstić information content (AvgIpc) is 3.05. The van der Waals surface area contributed by atoms with Crippen LogP contribution >= 0.6 is 11.6 Å². The first-order valence-electron chi connectivity index (χ1n) is 9.88. The van der Waals surface area contributed by atoms with Crippen LogP contribution in [0.15, 0.2) is 72.4 Å². The first kappa shape index (κ1) is 21.5. The molecule has 4 rings (SSSR count). The fourth-order valence-corrected chi connectivity index (χ4v) is 3.70. The molecule has 1 N–H and O–H groups in total. The molecule has 0 spiro atoms. The Labute approximate surface area is 191 Å². The van der Waals surface area contributed by atoms with E-state index in [4.69, 9.17) is 21.1 Å². The zero-order chi connectivity index (χ0) is 22.8. The van der Waals surface area contributed by atoms with E-state index in [1.807, 2.05) is 37.3 Å². The maximum absolute atomic E-state index is 13.6. The number of halogens is 1. The van der Waals surface area contributed by atoms with E-state index < -0.39 is 11.8 Å². The predicted molar refractivity (Wildman–Crippen MR) is 125 cm³/mol. The van der Waals surface area contributed by atoms with Crippen LogP contribution in [0.2, 0.25) is 5.02 Å². The maximum Gasteiger partial charge on any atom is 0.282 e. The molecule has 1 aliphatic rings. The molecule has 32 heavy (non-hydrogen) atoms. The molecule has 0 saturated carbocycles. The zero-order valence-electron chi connectivity index (χ0n) is 17.8. The first-order chi connectivity index (χ1) is 15.4. The number of aryl methyl sites for hydroxylation is 1. The third-order valence-corrected chi connectivity index (χ3v) is 5.62. The van der Waals surface area contributed by atoms with Crippen molar-refractivity contribution in [2.45, 2.75) is 6.92 Å². The molecule has 0 fully saturated rings. The van der Waals surface area contributed by atoms with Gasteiger partial charge in [0.15, 0.2) is 0 Å². The Morgan fingerprint density at radius 3 is 2.28 bits per heavy atom. The van der Waals surface area contributed by atoms with Crippen LogP contribution in [-0.4, -0.2) is 26.0 Å². The van der Waals surface area contributed by atoms with E-state index >= 15 is 0 Å². The quantitative estimate of drug-likeness (QED) is 0.534. The summed E-state index contributed by atoms with van der Waals surface area (Å²) in [5.74, 6) is -0.0977. The number of rotatable bonds is 6. The second-order valence-electron chi connectivity index (χ2n) is 7.19. The number of benzene rings is 3. The van der Waals surface area contributed by atoms with Crippen LogP contribution in [0.25, 0.3) is 5.57 Å². The van der Waals surface area contributed by atoms with E-state index in [0.29, 0.717) is 33.5 Å². The van der Waals surface area contributed by atoms with Gasteiger partial charge >= 0.3 is 0 Å². The van der Waals surface area contributed by atoms with E-state index in [1.165, 1.54) is 14.2 Å². The number of hydrogen-bond donors (Lipinski definition) is 1. The molecule has 3 aromatic rings. The molecular formula is C25H21ClN2O4. The Hall–Kier alpha value is -3.77. The summed E-state index contributed by atoms with van der Waals surface area (Å²) < 4.78 is 10.7. The number of anilines is 2. The minimum atomic E-state index is -0.503. The van der Waals surface area contributed by atoms with Gasteiger partial charge in [-0.3, -0.25) is 9.59 Å². The first-order valence-corrected chi connectivity index (χ1v) is 10.3. The number of imide groups is 1. The molecular weight excluding hydrogens is 428 g/mol. The van der Waals surface area contributed by atoms with Crippen molar-refractivity contribution >= 4 is 40.4 Å². The SMILES string of the molecule is COc1ccc(OC)c(N2C(=O)C(Nc3ccc(C)c(Cl)c3)=C(c3ccccc3)C2=O)c1. The molecule has 0 aromatic heterocycles. The highest BCUT2D eigenvalue weighted by Crippen LogP contribution is 2.39. The molecule has 1 heterocycles. The Bertz CT molecular complexity index is 1240. The summed E-state index contributed by atoms with van der Waals surface area (Å²) >= 11 is 6.27. The molecule has 0 atom stereocenters. The average molecular weight is 449 g/mol. The van der Waals surface area contributed by atoms with Crippen LogP contribution in [0.5, 0.6) is 11.5 Å². The summed E-state index contributed by atoms with van der Waals surface area (Å²) in [6.45, 7) is 1.89. The Kier molecular flexibility index (Phi) is 5.88. The lowest BCUT2D eigenvalue weighted by atomic mass is 10.0. The highest BCUT2D eigenvalue weighted by Gasteiger charge is 2.41. The van der Waals surface area contributed by atoms with Crippen molar-refractivity contribution < 1.29 is 19.1 Å². The largest absolute Gasteiger partial charge is 0.497 e. The van der Waals surface area contributed by atoms with Gasteiger partial charge in [-0.15, -0.1) is 0 Å². The molecule has 0 aliphatic carbocycles. The Morgan fingerprint density at radius 2 is 1.62 bits per heavy atom. The van der Waals surface area contributed by atoms with Gasteiger partial charge in [0.25, 0.3) is 11.8 Å². The van der Waals surface area contributed by atoms with Crippen LogP contribution in [-0.2, 0) is 9.59 Å². The van der Waals surface area contributed by atoms with Gasteiger partial charge in [-0.2, -0.15) is 0 Å². The van der Waals surface area contributed by atoms with Crippen LogP contribution in [0.3, 0.4) is 0 Å². The normalized spacial score (nSPS) is 13.6. The van der Waals surface area contributed by atoms with E-state index in [9.17, 15) is 9.59 Å². The Morgan fingerprint density at radius 1 is 0.875 bits per heavy atom. The number of nitrogens with zero attached hydrogens (tertiary/aromatic N) is 1. The Balaban J connectivity index is 1.85. The summed E-state index contributed by atoms with van der Waals surface area (Å²) in [6.07, 6.45) is 0. The van der Waals surface area contributed by atoms with Crippen molar-refractivity contribution in [3.63, 3.8) is 0 Å². The molecule has 1 aliphatic heterocycles. The van der Waals surface area contributed by atoms with Gasteiger partial charge in [0.1, 0.15) is 17.2 Å². The highest BCUT2D eigenvalue weighted by molar-refractivity contribution is 6.46. The molecule has 162 valence electrons. The lowest BCUT2D eigenvalue weighted by molar-refractivity contribution is -0.120. The van der Waals surface area contributed by atoms with Gasteiger partial charge in [-0.05, 0) is 42.3 Å². The number of nitrogens with one attached hydrogen (secondary N) is 1. The van der Waals surface area contributed by atoms with Crippen LogP contribution < -0.4 is 19.7 Å². The fraction of sp³-hybridized carbons (Fsp3) is 0.120. The lowest BCUT2D eigenvalue weighted by Gasteiger charge is -2.19. The van der Waals surface area contributed by atoms with Gasteiger partial charge < -0.3 is 14.8 Å². The molecule has 0 unspecified atom stereocenters. The van der Waals surface area contributed by atoms with Crippen LogP contribution in [0, 0.1) is 6.92 Å². The van der Waals surface area contributed by atoms with Crippen molar-refractivity contribution in [3.8, 4) is 11.5 Å². The minimum absolute atomic E-state index is 0.158. The number of ether oxygens (including phenoxy) is 2. The molecule has 0 radical (unpaired) electrons. The smallest absolute Gasteiger partial charge is 0.282 e. The molecule has 3 aromatic carbocycles. The van der Waals surface area contributed by atoms with Gasteiger partial charge in [0.2, 0.25) is 0 Å². The standard InChI is InChI=1S/C25H21ClN2O4/c1-15-9-10-17(13-19(15)26)27-23-22(16-7-5-4-6-8-16)24(29)28(25(23)30)20-14-18(31-2)11-12-21(20)32-3/h4-14,27H,1-3H3. The van der Waals surface area contributed by atoms with Crippen molar-refractivity contribution in [1.29, 1.82) is 0 Å². The molecule has 2 amide bonds. The van der Waals surface area contributed by atoms with E-state index in [2.05, 4.69) is 5.32 Å². The number of amides is 2. The zero-order valence-corrected chi connectivity index (χ0v) is 18.6. The summed E-state index contributed by atoms with van der Waals surface area (Å²) in [6, 6.07) is 19.4. The summed E-state index contributed by atoms with van der Waals surface area (Å²) in [7, 11) is 3.00.